The van der Waals surface area contributed by atoms with Gasteiger partial charge in [-0.2, -0.15) is 0 Å². The van der Waals surface area contributed by atoms with Gasteiger partial charge in [-0.15, -0.1) is 0 Å². The highest BCUT2D eigenvalue weighted by molar-refractivity contribution is 6.06. The molecule has 0 spiro atoms. The monoisotopic (exact) mass is 446 g/mol. The first-order valence-corrected chi connectivity index (χ1v) is 12.1. The van der Waals surface area contributed by atoms with E-state index in [9.17, 15) is 0 Å². The summed E-state index contributed by atoms with van der Waals surface area (Å²) in [6.07, 6.45) is 0.892. The molecular weight excluding hydrogens is 416 g/mol. The summed E-state index contributed by atoms with van der Waals surface area (Å²) < 4.78 is 12.6. The summed E-state index contributed by atoms with van der Waals surface area (Å²) >= 11 is 0. The molecule has 0 saturated heterocycles. The Kier molecular flexibility index (Phi) is 4.48. The Morgan fingerprint density at radius 2 is 1.32 bits per heavy atom. The van der Waals surface area contributed by atoms with Gasteiger partial charge in [-0.25, -0.2) is 0 Å². The molecule has 2 aromatic heterocycles. The van der Waals surface area contributed by atoms with Crippen molar-refractivity contribution >= 4 is 43.9 Å². The first-order chi connectivity index (χ1) is 16.2. The highest BCUT2D eigenvalue weighted by Gasteiger charge is 2.26. The van der Waals surface area contributed by atoms with E-state index in [1.54, 1.807) is 0 Å². The van der Waals surface area contributed by atoms with E-state index in [1.165, 1.54) is 38.2 Å². The lowest BCUT2D eigenvalue weighted by Gasteiger charge is -2.25. The smallest absolute Gasteiger partial charge is 0.139 e. The first-order valence-electron chi connectivity index (χ1n) is 12.1. The molecule has 0 fully saturated rings. The number of rotatable bonds is 3. The van der Waals surface area contributed by atoms with Crippen LogP contribution in [0.5, 0.6) is 0 Å². The maximum absolute atomic E-state index is 6.34. The van der Waals surface area contributed by atoms with Gasteiger partial charge in [-0.3, -0.25) is 0 Å². The van der Waals surface area contributed by atoms with Crippen LogP contribution in [0.25, 0.3) is 43.9 Å². The van der Waals surface area contributed by atoms with Gasteiger partial charge < -0.3 is 8.83 Å². The van der Waals surface area contributed by atoms with Crippen LogP contribution in [0.1, 0.15) is 51.3 Å². The molecule has 6 aromatic rings. The summed E-state index contributed by atoms with van der Waals surface area (Å²) in [5.41, 5.74) is 7.68. The first kappa shape index (κ1) is 21.0. The Hall–Kier alpha value is -3.52. The Balaban J connectivity index is 1.41. The van der Waals surface area contributed by atoms with E-state index in [2.05, 4.69) is 101 Å². The second kappa shape index (κ2) is 7.24. The van der Waals surface area contributed by atoms with Crippen molar-refractivity contribution in [1.82, 2.24) is 0 Å². The summed E-state index contributed by atoms with van der Waals surface area (Å²) in [6, 6.07) is 28.1. The Morgan fingerprint density at radius 3 is 2.15 bits per heavy atom. The summed E-state index contributed by atoms with van der Waals surface area (Å²) in [6.45, 7) is 11.3. The van der Waals surface area contributed by atoms with Gasteiger partial charge >= 0.3 is 0 Å². The van der Waals surface area contributed by atoms with Crippen LogP contribution in [-0.4, -0.2) is 0 Å². The molecule has 2 nitrogen and oxygen atoms in total. The summed E-state index contributed by atoms with van der Waals surface area (Å²) in [5, 5.41) is 4.74. The van der Waals surface area contributed by atoms with E-state index in [1.807, 2.05) is 12.1 Å². The van der Waals surface area contributed by atoms with Crippen molar-refractivity contribution in [3.63, 3.8) is 0 Å². The maximum atomic E-state index is 6.34. The van der Waals surface area contributed by atoms with Crippen LogP contribution < -0.4 is 0 Å². The number of fused-ring (bicyclic) bond motifs is 6. The molecule has 170 valence electrons. The second-order valence-corrected chi connectivity index (χ2v) is 11.2. The fourth-order valence-corrected chi connectivity index (χ4v) is 5.28. The van der Waals surface area contributed by atoms with E-state index < -0.39 is 0 Å². The van der Waals surface area contributed by atoms with E-state index >= 15 is 0 Å². The van der Waals surface area contributed by atoms with Gasteiger partial charge in [-0.1, -0.05) is 89.2 Å². The number of hydrogen-bond donors (Lipinski definition) is 0. The van der Waals surface area contributed by atoms with Gasteiger partial charge in [0.2, 0.25) is 0 Å². The van der Waals surface area contributed by atoms with Crippen molar-refractivity contribution in [3.8, 4) is 0 Å². The molecule has 0 bridgehead atoms. The standard InChI is InChI=1S/C32H30O2/c1-31(2,3)21-14-16-28-25(18-21)23-15-13-20(17-29(23)33-28)19-32(4,5)26-11-8-10-24-22-9-6-7-12-27(22)34-30(24)26/h6-18H,19H2,1-5H3. The molecule has 0 aliphatic rings. The normalized spacial score (nSPS) is 13.0. The van der Waals surface area contributed by atoms with E-state index in [0.29, 0.717) is 0 Å². The second-order valence-electron chi connectivity index (χ2n) is 11.2. The van der Waals surface area contributed by atoms with Crippen molar-refractivity contribution in [2.75, 3.05) is 0 Å². The molecule has 0 aliphatic heterocycles. The van der Waals surface area contributed by atoms with Crippen molar-refractivity contribution < 1.29 is 8.83 Å². The van der Waals surface area contributed by atoms with Crippen LogP contribution in [0.15, 0.2) is 87.7 Å². The molecule has 0 unspecified atom stereocenters. The third kappa shape index (κ3) is 3.32. The lowest BCUT2D eigenvalue weighted by Crippen LogP contribution is -2.20. The van der Waals surface area contributed by atoms with Crippen LogP contribution in [0.4, 0.5) is 0 Å². The van der Waals surface area contributed by atoms with Gasteiger partial charge in [0, 0.05) is 27.1 Å². The van der Waals surface area contributed by atoms with Gasteiger partial charge in [0.15, 0.2) is 0 Å². The van der Waals surface area contributed by atoms with Gasteiger partial charge in [0.1, 0.15) is 22.3 Å². The Morgan fingerprint density at radius 1 is 0.588 bits per heavy atom. The predicted octanol–water partition coefficient (Wildman–Crippen LogP) is 9.30. The van der Waals surface area contributed by atoms with Crippen LogP contribution in [0, 0.1) is 0 Å². The Labute approximate surface area is 200 Å². The molecule has 0 aliphatic carbocycles. The molecule has 0 atom stereocenters. The number of hydrogen-bond acceptors (Lipinski definition) is 2. The third-order valence-corrected chi connectivity index (χ3v) is 7.18. The molecule has 6 rings (SSSR count). The number of para-hydroxylation sites is 2. The van der Waals surface area contributed by atoms with Crippen LogP contribution in [0.3, 0.4) is 0 Å². The van der Waals surface area contributed by atoms with E-state index in [4.69, 9.17) is 8.83 Å². The molecule has 2 heterocycles. The molecule has 0 radical (unpaired) electrons. The molecular formula is C32H30O2. The van der Waals surface area contributed by atoms with Gasteiger partial charge in [-0.05, 0) is 52.6 Å². The van der Waals surface area contributed by atoms with Crippen molar-refractivity contribution in [3.05, 3.63) is 95.6 Å². The number of furan rings is 2. The minimum absolute atomic E-state index is 0.105. The third-order valence-electron chi connectivity index (χ3n) is 7.18. The average Bonchev–Trinajstić information content (AvgIpc) is 3.35. The minimum Gasteiger partial charge on any atom is -0.456 e. The van der Waals surface area contributed by atoms with Crippen LogP contribution in [-0.2, 0) is 17.3 Å². The van der Waals surface area contributed by atoms with Crippen molar-refractivity contribution in [2.45, 2.75) is 51.9 Å². The van der Waals surface area contributed by atoms with Crippen LogP contribution >= 0.6 is 0 Å². The molecule has 2 heteroatoms. The summed E-state index contributed by atoms with van der Waals surface area (Å²) in [4.78, 5) is 0. The Bertz CT molecular complexity index is 1690. The molecule has 0 N–H and O–H groups in total. The minimum atomic E-state index is -0.105. The quantitative estimate of drug-likeness (QED) is 0.271. The topological polar surface area (TPSA) is 26.3 Å². The number of benzene rings is 4. The maximum Gasteiger partial charge on any atom is 0.139 e. The largest absolute Gasteiger partial charge is 0.456 e. The molecule has 4 aromatic carbocycles. The molecule has 0 saturated carbocycles. The van der Waals surface area contributed by atoms with E-state index in [-0.39, 0.29) is 10.8 Å². The highest BCUT2D eigenvalue weighted by Crippen LogP contribution is 2.39. The predicted molar refractivity (Wildman–Crippen MR) is 143 cm³/mol. The van der Waals surface area contributed by atoms with Crippen molar-refractivity contribution in [2.24, 2.45) is 0 Å². The highest BCUT2D eigenvalue weighted by atomic mass is 16.3. The fraction of sp³-hybridized carbons (Fsp3) is 0.250. The molecule has 0 amide bonds. The van der Waals surface area contributed by atoms with Crippen LogP contribution in [0.2, 0.25) is 0 Å². The zero-order valence-electron chi connectivity index (χ0n) is 20.5. The SMILES string of the molecule is CC(C)(C)c1ccc2oc3cc(CC(C)(C)c4cccc5c4oc4ccccc45)ccc3c2c1. The van der Waals surface area contributed by atoms with Gasteiger partial charge in [0.25, 0.3) is 0 Å². The van der Waals surface area contributed by atoms with Gasteiger partial charge in [0.05, 0.1) is 0 Å². The lowest BCUT2D eigenvalue weighted by atomic mass is 9.78. The van der Waals surface area contributed by atoms with E-state index in [0.717, 1.165) is 28.8 Å². The fourth-order valence-electron chi connectivity index (χ4n) is 5.28. The van der Waals surface area contributed by atoms with Crippen molar-refractivity contribution in [1.29, 1.82) is 0 Å². The zero-order chi connectivity index (χ0) is 23.7. The summed E-state index contributed by atoms with van der Waals surface area (Å²) in [7, 11) is 0. The zero-order valence-corrected chi connectivity index (χ0v) is 20.5. The lowest BCUT2D eigenvalue weighted by molar-refractivity contribution is 0.515. The average molecular weight is 447 g/mol. The summed E-state index contributed by atoms with van der Waals surface area (Å²) in [5.74, 6) is 0. The molecule has 34 heavy (non-hydrogen) atoms.